The van der Waals surface area contributed by atoms with E-state index in [-0.39, 0.29) is 7.43 Å². The molecule has 0 aromatic carbocycles. The van der Waals surface area contributed by atoms with Gasteiger partial charge in [-0.3, -0.25) is 18.3 Å². The maximum absolute atomic E-state index is 8.74. The van der Waals surface area contributed by atoms with Crippen molar-refractivity contribution < 1.29 is 57.4 Å². The normalized spacial score (nSPS) is 8.24. The second-order valence-corrected chi connectivity index (χ2v) is 3.39. The molecule has 0 saturated heterocycles. The minimum atomic E-state index is -3.13. The third-order valence-electron chi connectivity index (χ3n) is 0. The molecular weight excluding hydrogens is 328 g/mol. The van der Waals surface area contributed by atoms with Gasteiger partial charge in [-0.25, -0.2) is 0 Å². The topological polar surface area (TPSA) is 230 Å². The molecule has 16 heteroatoms. The molecule has 0 aliphatic heterocycles. The van der Waals surface area contributed by atoms with Crippen molar-refractivity contribution in [1.82, 2.24) is 0 Å². The summed E-state index contributed by atoms with van der Waals surface area (Å²) in [6, 6.07) is 0. The SMILES string of the molecule is C.O=[PH](O)O.O=[PH](O)O.O=[PH](O)O.O=[PH](O)O. The smallest absolute Gasteiger partial charge is 0.314 e. The molecule has 0 unspecified atom stereocenters. The predicted molar refractivity (Wildman–Crippen MR) is 60.5 cm³/mol. The monoisotopic (exact) mass is 344 g/mol. The van der Waals surface area contributed by atoms with Gasteiger partial charge >= 0.3 is 33.0 Å². The lowest BCUT2D eigenvalue weighted by molar-refractivity contribution is 0.403. The minimum absolute atomic E-state index is 0. The molecule has 17 heavy (non-hydrogen) atoms. The summed E-state index contributed by atoms with van der Waals surface area (Å²) in [7, 11) is -12.5. The van der Waals surface area contributed by atoms with Crippen molar-refractivity contribution in [1.29, 1.82) is 0 Å². The van der Waals surface area contributed by atoms with E-state index in [0.717, 1.165) is 0 Å². The van der Waals surface area contributed by atoms with Gasteiger partial charge in [-0.2, -0.15) is 0 Å². The zero-order valence-corrected chi connectivity index (χ0v) is 11.2. The highest BCUT2D eigenvalue weighted by Gasteiger charge is 1.62. The Morgan fingerprint density at radius 3 is 0.412 bits per heavy atom. The highest BCUT2D eigenvalue weighted by Crippen LogP contribution is 1.99. The lowest BCUT2D eigenvalue weighted by atomic mass is 12.0. The molecule has 8 N–H and O–H groups in total. The van der Waals surface area contributed by atoms with Crippen molar-refractivity contribution in [2.24, 2.45) is 0 Å². The van der Waals surface area contributed by atoms with Crippen molar-refractivity contribution in [3.05, 3.63) is 0 Å². The Morgan fingerprint density at radius 1 is 0.412 bits per heavy atom. The fourth-order valence-corrected chi connectivity index (χ4v) is 0. The van der Waals surface area contributed by atoms with Crippen LogP contribution in [0.3, 0.4) is 0 Å². The zero-order valence-electron chi connectivity index (χ0n) is 7.21. The molecule has 0 aliphatic rings. The van der Waals surface area contributed by atoms with Crippen LogP contribution in [0.4, 0.5) is 0 Å². The van der Waals surface area contributed by atoms with E-state index in [9.17, 15) is 0 Å². The second kappa shape index (κ2) is 25.4. The summed E-state index contributed by atoms with van der Waals surface area (Å²) < 4.78 is 35.0. The largest absolute Gasteiger partial charge is 0.326 e. The van der Waals surface area contributed by atoms with Crippen LogP contribution < -0.4 is 0 Å². The fraction of sp³-hybridized carbons (Fsp3) is 1.00. The fourth-order valence-electron chi connectivity index (χ4n) is 0. The number of hydrogen-bond acceptors (Lipinski definition) is 4. The molecule has 112 valence electrons. The lowest BCUT2D eigenvalue weighted by Gasteiger charge is -1.61. The standard InChI is InChI=1S/CH4.4H3O3P/c;4*1-4(2)3/h1H4;4*4H,(H2,1,2,3). The summed E-state index contributed by atoms with van der Waals surface area (Å²) in [5.41, 5.74) is 0. The van der Waals surface area contributed by atoms with E-state index in [4.69, 9.17) is 57.4 Å². The molecule has 0 aliphatic carbocycles. The molecule has 0 heterocycles. The van der Waals surface area contributed by atoms with Crippen LogP contribution in [0.25, 0.3) is 0 Å². The first-order chi connectivity index (χ1) is 6.93. The van der Waals surface area contributed by atoms with Crippen molar-refractivity contribution in [3.63, 3.8) is 0 Å². The van der Waals surface area contributed by atoms with E-state index in [1.54, 1.807) is 0 Å². The Balaban J connectivity index is -0.0000000369. The number of rotatable bonds is 0. The molecule has 0 bridgehead atoms. The summed E-state index contributed by atoms with van der Waals surface area (Å²) in [5.74, 6) is 0. The van der Waals surface area contributed by atoms with Crippen molar-refractivity contribution in [2.75, 3.05) is 0 Å². The summed E-state index contributed by atoms with van der Waals surface area (Å²) in [4.78, 5) is 57.3. The summed E-state index contributed by atoms with van der Waals surface area (Å²) in [6.45, 7) is 0. The molecule has 0 rings (SSSR count). The van der Waals surface area contributed by atoms with Gasteiger partial charge < -0.3 is 39.1 Å². The highest BCUT2D eigenvalue weighted by atomic mass is 31.1. The number of hydrogen-bond donors (Lipinski definition) is 8. The maximum Gasteiger partial charge on any atom is 0.314 e. The van der Waals surface area contributed by atoms with Gasteiger partial charge in [0.05, 0.1) is 0 Å². The first kappa shape index (κ1) is 30.5. The van der Waals surface area contributed by atoms with Crippen LogP contribution in [0, 0.1) is 0 Å². The van der Waals surface area contributed by atoms with Crippen molar-refractivity contribution in [2.45, 2.75) is 7.43 Å². The van der Waals surface area contributed by atoms with Gasteiger partial charge in [-0.15, -0.1) is 0 Å². The molecule has 0 fully saturated rings. The molecule has 0 aromatic heterocycles. The van der Waals surface area contributed by atoms with Crippen molar-refractivity contribution in [3.8, 4) is 0 Å². The minimum Gasteiger partial charge on any atom is -0.326 e. The van der Waals surface area contributed by atoms with E-state index in [1.807, 2.05) is 0 Å². The highest BCUT2D eigenvalue weighted by molar-refractivity contribution is 7.31. The average molecular weight is 344 g/mol. The Kier molecular flexibility index (Phi) is 45.7. The van der Waals surface area contributed by atoms with Gasteiger partial charge in [0.15, 0.2) is 0 Å². The van der Waals surface area contributed by atoms with E-state index in [1.165, 1.54) is 0 Å². The molecule has 12 nitrogen and oxygen atoms in total. The van der Waals surface area contributed by atoms with Crippen LogP contribution in [0.15, 0.2) is 0 Å². The lowest BCUT2D eigenvalue weighted by Crippen LogP contribution is -1.38. The Bertz CT molecular complexity index is 159. The summed E-state index contributed by atoms with van der Waals surface area (Å²) >= 11 is 0. The second-order valence-electron chi connectivity index (χ2n) is 1.13. The van der Waals surface area contributed by atoms with E-state index in [2.05, 4.69) is 0 Å². The van der Waals surface area contributed by atoms with Crippen LogP contribution in [0.2, 0.25) is 0 Å². The first-order valence-electron chi connectivity index (χ1n) is 2.61. The van der Waals surface area contributed by atoms with Crippen LogP contribution in [-0.2, 0) is 18.3 Å². The van der Waals surface area contributed by atoms with Gasteiger partial charge in [-0.05, 0) is 0 Å². The molecule has 0 aromatic rings. The van der Waals surface area contributed by atoms with Crippen LogP contribution in [0.5, 0.6) is 0 Å². The molecule has 0 spiro atoms. The Hall–Kier alpha value is 0.600. The third-order valence-corrected chi connectivity index (χ3v) is 0. The van der Waals surface area contributed by atoms with E-state index in [0.29, 0.717) is 0 Å². The van der Waals surface area contributed by atoms with Gasteiger partial charge in [0.1, 0.15) is 0 Å². The maximum atomic E-state index is 8.74. The quantitative estimate of drug-likeness (QED) is 0.225. The van der Waals surface area contributed by atoms with Gasteiger partial charge in [0.2, 0.25) is 0 Å². The van der Waals surface area contributed by atoms with E-state index >= 15 is 0 Å². The Labute approximate surface area is 98.6 Å². The predicted octanol–water partition coefficient (Wildman–Crippen LogP) is -1.92. The Morgan fingerprint density at radius 2 is 0.412 bits per heavy atom. The molecule has 0 atom stereocenters. The van der Waals surface area contributed by atoms with E-state index < -0.39 is 33.0 Å². The summed E-state index contributed by atoms with van der Waals surface area (Å²) in [6.07, 6.45) is 0. The zero-order chi connectivity index (χ0) is 14.3. The molecular formula is CH16O12P4. The third kappa shape index (κ3) is 9830. The van der Waals surface area contributed by atoms with Crippen LogP contribution in [0.1, 0.15) is 7.43 Å². The first-order valence-corrected chi connectivity index (χ1v) is 7.82. The van der Waals surface area contributed by atoms with Crippen LogP contribution >= 0.6 is 33.0 Å². The molecule has 0 amide bonds. The van der Waals surface area contributed by atoms with Crippen molar-refractivity contribution >= 4 is 33.0 Å². The summed E-state index contributed by atoms with van der Waals surface area (Å²) in [5, 5.41) is 0. The molecule has 0 radical (unpaired) electrons. The van der Waals surface area contributed by atoms with Gasteiger partial charge in [0.25, 0.3) is 0 Å². The average Bonchev–Trinajstić information content (AvgIpc) is 1.76. The molecule has 0 saturated carbocycles. The van der Waals surface area contributed by atoms with Gasteiger partial charge in [-0.1, -0.05) is 7.43 Å². The van der Waals surface area contributed by atoms with Gasteiger partial charge in [0, 0.05) is 0 Å². The van der Waals surface area contributed by atoms with Crippen LogP contribution in [-0.4, -0.2) is 39.1 Å².